The summed E-state index contributed by atoms with van der Waals surface area (Å²) >= 11 is 0. The molecule has 1 aliphatic carbocycles. The number of nitrogens with zero attached hydrogens (tertiary/aromatic N) is 1. The largest absolute Gasteiger partial charge is 0.316 e. The van der Waals surface area contributed by atoms with E-state index in [1.165, 1.54) is 51.7 Å². The Kier molecular flexibility index (Phi) is 4.87. The minimum Gasteiger partial charge on any atom is -0.316 e. The van der Waals surface area contributed by atoms with E-state index in [4.69, 9.17) is 0 Å². The van der Waals surface area contributed by atoms with Gasteiger partial charge in [-0.1, -0.05) is 13.8 Å². The molecule has 17 heavy (non-hydrogen) atoms. The maximum Gasteiger partial charge on any atom is 0.0118 e. The molecule has 1 heterocycles. The topological polar surface area (TPSA) is 15.3 Å². The molecule has 2 nitrogen and oxygen atoms in total. The minimum absolute atomic E-state index is 0.841. The Bertz CT molecular complexity index is 223. The molecule has 0 aromatic rings. The quantitative estimate of drug-likeness (QED) is 0.813. The lowest BCUT2D eigenvalue weighted by atomic mass is 9.79. The number of piperidine rings is 1. The van der Waals surface area contributed by atoms with E-state index in [9.17, 15) is 0 Å². The zero-order valence-corrected chi connectivity index (χ0v) is 11.9. The standard InChI is InChI=1S/C15H30N2/c1-12-6-7-15(13(2)9-12)17(3)11-14-5-4-8-16-10-14/h12-16H,4-11H2,1-3H3. The fraction of sp³-hybridized carbons (Fsp3) is 1.00. The Labute approximate surface area is 107 Å². The summed E-state index contributed by atoms with van der Waals surface area (Å²) < 4.78 is 0. The van der Waals surface area contributed by atoms with Crippen LogP contribution in [0.1, 0.15) is 46.0 Å². The molecular weight excluding hydrogens is 208 g/mol. The average Bonchev–Trinajstić information content (AvgIpc) is 2.30. The Balaban J connectivity index is 1.80. The Morgan fingerprint density at radius 3 is 2.65 bits per heavy atom. The van der Waals surface area contributed by atoms with Crippen molar-refractivity contribution in [1.82, 2.24) is 10.2 Å². The van der Waals surface area contributed by atoms with Crippen LogP contribution in [0.2, 0.25) is 0 Å². The maximum absolute atomic E-state index is 3.53. The lowest BCUT2D eigenvalue weighted by Crippen LogP contribution is -2.45. The molecule has 1 aliphatic heterocycles. The molecule has 4 unspecified atom stereocenters. The molecule has 0 radical (unpaired) electrons. The van der Waals surface area contributed by atoms with Gasteiger partial charge in [-0.2, -0.15) is 0 Å². The predicted molar refractivity (Wildman–Crippen MR) is 74.2 cm³/mol. The molecule has 100 valence electrons. The summed E-state index contributed by atoms with van der Waals surface area (Å²) in [7, 11) is 2.35. The molecule has 4 atom stereocenters. The number of hydrogen-bond donors (Lipinski definition) is 1. The van der Waals surface area contributed by atoms with Gasteiger partial charge in [0.2, 0.25) is 0 Å². The van der Waals surface area contributed by atoms with Crippen LogP contribution in [0.25, 0.3) is 0 Å². The first-order valence-corrected chi connectivity index (χ1v) is 7.57. The fourth-order valence-electron chi connectivity index (χ4n) is 3.93. The van der Waals surface area contributed by atoms with Crippen LogP contribution >= 0.6 is 0 Å². The van der Waals surface area contributed by atoms with Crippen molar-refractivity contribution in [1.29, 1.82) is 0 Å². The lowest BCUT2D eigenvalue weighted by molar-refractivity contribution is 0.0972. The summed E-state index contributed by atoms with van der Waals surface area (Å²) in [4.78, 5) is 2.66. The fourth-order valence-corrected chi connectivity index (χ4v) is 3.93. The van der Waals surface area contributed by atoms with Gasteiger partial charge in [-0.25, -0.2) is 0 Å². The molecule has 1 N–H and O–H groups in total. The van der Waals surface area contributed by atoms with E-state index in [1.54, 1.807) is 0 Å². The zero-order valence-electron chi connectivity index (χ0n) is 11.9. The summed E-state index contributed by atoms with van der Waals surface area (Å²) in [5, 5.41) is 3.53. The van der Waals surface area contributed by atoms with Crippen molar-refractivity contribution < 1.29 is 0 Å². The first-order chi connectivity index (χ1) is 8.16. The molecule has 2 rings (SSSR count). The van der Waals surface area contributed by atoms with E-state index in [-0.39, 0.29) is 0 Å². The van der Waals surface area contributed by atoms with Crippen molar-refractivity contribution >= 4 is 0 Å². The van der Waals surface area contributed by atoms with Gasteiger partial charge in [-0.05, 0) is 70.0 Å². The summed E-state index contributed by atoms with van der Waals surface area (Å²) in [5.41, 5.74) is 0. The highest BCUT2D eigenvalue weighted by Gasteiger charge is 2.29. The van der Waals surface area contributed by atoms with Crippen LogP contribution < -0.4 is 5.32 Å². The van der Waals surface area contributed by atoms with E-state index >= 15 is 0 Å². The van der Waals surface area contributed by atoms with Gasteiger partial charge in [-0.3, -0.25) is 0 Å². The molecule has 0 aromatic heterocycles. The predicted octanol–water partition coefficient (Wildman–Crippen LogP) is 2.74. The maximum atomic E-state index is 3.53. The minimum atomic E-state index is 0.841. The second-order valence-electron chi connectivity index (χ2n) is 6.61. The summed E-state index contributed by atoms with van der Waals surface area (Å²) in [6.45, 7) is 8.64. The van der Waals surface area contributed by atoms with Crippen LogP contribution in [0.15, 0.2) is 0 Å². The third-order valence-corrected chi connectivity index (χ3v) is 4.90. The van der Waals surface area contributed by atoms with Crippen molar-refractivity contribution in [2.45, 2.75) is 52.0 Å². The normalized spacial score (nSPS) is 39.5. The van der Waals surface area contributed by atoms with Gasteiger partial charge in [0.25, 0.3) is 0 Å². The van der Waals surface area contributed by atoms with Gasteiger partial charge in [0.05, 0.1) is 0 Å². The number of nitrogens with one attached hydrogen (secondary N) is 1. The molecule has 2 aliphatic rings. The molecule has 0 spiro atoms. The second-order valence-corrected chi connectivity index (χ2v) is 6.61. The molecule has 0 aromatic carbocycles. The summed E-state index contributed by atoms with van der Waals surface area (Å²) in [6.07, 6.45) is 7.07. The third kappa shape index (κ3) is 3.69. The number of rotatable bonds is 3. The Hall–Kier alpha value is -0.0800. The van der Waals surface area contributed by atoms with Crippen LogP contribution in [0.5, 0.6) is 0 Å². The van der Waals surface area contributed by atoms with Crippen molar-refractivity contribution in [3.8, 4) is 0 Å². The molecule has 0 amide bonds. The van der Waals surface area contributed by atoms with Crippen molar-refractivity contribution in [3.63, 3.8) is 0 Å². The molecule has 1 saturated carbocycles. The summed E-state index contributed by atoms with van der Waals surface area (Å²) in [5.74, 6) is 2.73. The van der Waals surface area contributed by atoms with Crippen molar-refractivity contribution in [2.75, 3.05) is 26.7 Å². The van der Waals surface area contributed by atoms with Crippen LogP contribution in [0, 0.1) is 17.8 Å². The molecule has 1 saturated heterocycles. The van der Waals surface area contributed by atoms with E-state index in [2.05, 4.69) is 31.1 Å². The van der Waals surface area contributed by atoms with Gasteiger partial charge in [0.15, 0.2) is 0 Å². The van der Waals surface area contributed by atoms with Crippen LogP contribution in [0.4, 0.5) is 0 Å². The smallest absolute Gasteiger partial charge is 0.0118 e. The summed E-state index contributed by atoms with van der Waals surface area (Å²) in [6, 6.07) is 0.841. The highest BCUT2D eigenvalue weighted by molar-refractivity contribution is 4.83. The average molecular weight is 238 g/mol. The third-order valence-electron chi connectivity index (χ3n) is 4.90. The van der Waals surface area contributed by atoms with E-state index in [0.717, 1.165) is 23.8 Å². The van der Waals surface area contributed by atoms with Crippen LogP contribution in [-0.2, 0) is 0 Å². The molecule has 2 heteroatoms. The van der Waals surface area contributed by atoms with Gasteiger partial charge < -0.3 is 10.2 Å². The first kappa shape index (κ1) is 13.4. The number of hydrogen-bond acceptors (Lipinski definition) is 2. The zero-order chi connectivity index (χ0) is 12.3. The van der Waals surface area contributed by atoms with Crippen LogP contribution in [-0.4, -0.2) is 37.6 Å². The highest BCUT2D eigenvalue weighted by atomic mass is 15.1. The van der Waals surface area contributed by atoms with Gasteiger partial charge >= 0.3 is 0 Å². The first-order valence-electron chi connectivity index (χ1n) is 7.57. The van der Waals surface area contributed by atoms with Gasteiger partial charge in [0.1, 0.15) is 0 Å². The van der Waals surface area contributed by atoms with Crippen molar-refractivity contribution in [2.24, 2.45) is 17.8 Å². The van der Waals surface area contributed by atoms with E-state index in [0.29, 0.717) is 0 Å². The van der Waals surface area contributed by atoms with E-state index in [1.807, 2.05) is 0 Å². The van der Waals surface area contributed by atoms with Gasteiger partial charge in [-0.15, -0.1) is 0 Å². The van der Waals surface area contributed by atoms with Crippen LogP contribution in [0.3, 0.4) is 0 Å². The monoisotopic (exact) mass is 238 g/mol. The molecular formula is C15H30N2. The SMILES string of the molecule is CC1CCC(N(C)CC2CCCNC2)C(C)C1. The lowest BCUT2D eigenvalue weighted by Gasteiger charge is -2.40. The highest BCUT2D eigenvalue weighted by Crippen LogP contribution is 2.31. The second kappa shape index (κ2) is 6.19. The molecule has 2 fully saturated rings. The van der Waals surface area contributed by atoms with E-state index < -0.39 is 0 Å². The Morgan fingerprint density at radius 1 is 1.18 bits per heavy atom. The van der Waals surface area contributed by atoms with Crippen molar-refractivity contribution in [3.05, 3.63) is 0 Å². The van der Waals surface area contributed by atoms with Gasteiger partial charge in [0, 0.05) is 12.6 Å². The Morgan fingerprint density at radius 2 is 2.00 bits per heavy atom. The molecule has 0 bridgehead atoms.